The van der Waals surface area contributed by atoms with Crippen molar-refractivity contribution in [3.63, 3.8) is 0 Å². The highest BCUT2D eigenvalue weighted by Gasteiger charge is 2.16. The lowest BCUT2D eigenvalue weighted by atomic mass is 9.99. The van der Waals surface area contributed by atoms with Crippen molar-refractivity contribution in [1.29, 1.82) is 0 Å². The number of aryl methyl sites for hydroxylation is 1. The molecule has 0 radical (unpaired) electrons. The molecule has 18 heavy (non-hydrogen) atoms. The molecular formula is C13H11Br2FN2. The van der Waals surface area contributed by atoms with Crippen molar-refractivity contribution in [1.82, 2.24) is 4.98 Å². The van der Waals surface area contributed by atoms with Crippen molar-refractivity contribution in [2.24, 2.45) is 5.73 Å². The highest BCUT2D eigenvalue weighted by Crippen LogP contribution is 2.29. The summed E-state index contributed by atoms with van der Waals surface area (Å²) in [6.45, 7) is 1.90. The van der Waals surface area contributed by atoms with Crippen LogP contribution in [-0.4, -0.2) is 4.98 Å². The molecule has 94 valence electrons. The molecule has 0 fully saturated rings. The van der Waals surface area contributed by atoms with E-state index in [0.29, 0.717) is 5.69 Å². The van der Waals surface area contributed by atoms with Crippen molar-refractivity contribution in [2.75, 3.05) is 0 Å². The van der Waals surface area contributed by atoms with Gasteiger partial charge < -0.3 is 5.73 Å². The second kappa shape index (κ2) is 5.47. The zero-order valence-corrected chi connectivity index (χ0v) is 12.8. The van der Waals surface area contributed by atoms with Crippen LogP contribution in [-0.2, 0) is 0 Å². The highest BCUT2D eigenvalue weighted by atomic mass is 79.9. The molecule has 0 aliphatic rings. The Balaban J connectivity index is 2.47. The smallest absolute Gasteiger partial charge is 0.123 e. The first-order chi connectivity index (χ1) is 8.49. The van der Waals surface area contributed by atoms with Gasteiger partial charge in [0.25, 0.3) is 0 Å². The van der Waals surface area contributed by atoms with Crippen LogP contribution in [0.2, 0.25) is 0 Å². The fraction of sp³-hybridized carbons (Fsp3) is 0.154. The van der Waals surface area contributed by atoms with Crippen LogP contribution >= 0.6 is 31.9 Å². The molecule has 0 aliphatic heterocycles. The highest BCUT2D eigenvalue weighted by molar-refractivity contribution is 9.11. The van der Waals surface area contributed by atoms with Gasteiger partial charge in [0.15, 0.2) is 0 Å². The average Bonchev–Trinajstić information content (AvgIpc) is 2.31. The molecule has 1 aromatic heterocycles. The predicted molar refractivity (Wildman–Crippen MR) is 76.8 cm³/mol. The molecule has 1 heterocycles. The van der Waals surface area contributed by atoms with Gasteiger partial charge in [-0.3, -0.25) is 4.98 Å². The van der Waals surface area contributed by atoms with Gasteiger partial charge in [0.05, 0.1) is 11.7 Å². The monoisotopic (exact) mass is 372 g/mol. The van der Waals surface area contributed by atoms with E-state index >= 15 is 0 Å². The topological polar surface area (TPSA) is 38.9 Å². The molecule has 2 nitrogen and oxygen atoms in total. The van der Waals surface area contributed by atoms with E-state index in [-0.39, 0.29) is 5.82 Å². The first-order valence-electron chi connectivity index (χ1n) is 5.31. The molecule has 0 spiro atoms. The minimum atomic E-state index is -0.455. The van der Waals surface area contributed by atoms with E-state index < -0.39 is 6.04 Å². The predicted octanol–water partition coefficient (Wildman–Crippen LogP) is 4.10. The number of hydrogen-bond acceptors (Lipinski definition) is 2. The quantitative estimate of drug-likeness (QED) is 0.860. The summed E-state index contributed by atoms with van der Waals surface area (Å²) in [6.07, 6.45) is 1.68. The Labute approximate surface area is 122 Å². The number of halogens is 3. The van der Waals surface area contributed by atoms with Crippen LogP contribution in [0.15, 0.2) is 39.4 Å². The van der Waals surface area contributed by atoms with E-state index in [1.54, 1.807) is 12.3 Å². The largest absolute Gasteiger partial charge is 0.319 e. The second-order valence-corrected chi connectivity index (χ2v) is 5.77. The summed E-state index contributed by atoms with van der Waals surface area (Å²) in [5, 5.41) is 0. The van der Waals surface area contributed by atoms with E-state index in [2.05, 4.69) is 36.8 Å². The van der Waals surface area contributed by atoms with Crippen molar-refractivity contribution in [3.05, 3.63) is 62.0 Å². The first kappa shape index (κ1) is 13.6. The van der Waals surface area contributed by atoms with Crippen LogP contribution in [0.3, 0.4) is 0 Å². The van der Waals surface area contributed by atoms with Gasteiger partial charge >= 0.3 is 0 Å². The number of nitrogens with zero attached hydrogens (tertiary/aromatic N) is 1. The third-order valence-corrected chi connectivity index (χ3v) is 3.78. The first-order valence-corrected chi connectivity index (χ1v) is 6.90. The SMILES string of the molecule is Cc1ccc(F)cc1C(N)c1ncc(Br)cc1Br. The molecule has 2 N–H and O–H groups in total. The Bertz CT molecular complexity index is 587. The summed E-state index contributed by atoms with van der Waals surface area (Å²) in [5.74, 6) is -0.292. The Kier molecular flexibility index (Phi) is 4.14. The number of hydrogen-bond donors (Lipinski definition) is 1. The van der Waals surface area contributed by atoms with E-state index in [0.717, 1.165) is 20.1 Å². The van der Waals surface area contributed by atoms with Crippen molar-refractivity contribution >= 4 is 31.9 Å². The van der Waals surface area contributed by atoms with Crippen LogP contribution in [0, 0.1) is 12.7 Å². The summed E-state index contributed by atoms with van der Waals surface area (Å²) in [7, 11) is 0. The maximum atomic E-state index is 13.3. The Morgan fingerprint density at radius 2 is 2.00 bits per heavy atom. The van der Waals surface area contributed by atoms with Gasteiger partial charge in [-0.2, -0.15) is 0 Å². The van der Waals surface area contributed by atoms with Crippen LogP contribution < -0.4 is 5.73 Å². The van der Waals surface area contributed by atoms with E-state index in [1.165, 1.54) is 12.1 Å². The van der Waals surface area contributed by atoms with Crippen molar-refractivity contribution in [2.45, 2.75) is 13.0 Å². The number of nitrogens with two attached hydrogens (primary N) is 1. The lowest BCUT2D eigenvalue weighted by Gasteiger charge is -2.16. The summed E-state index contributed by atoms with van der Waals surface area (Å²) in [4.78, 5) is 4.28. The molecular weight excluding hydrogens is 363 g/mol. The average molecular weight is 374 g/mol. The van der Waals surface area contributed by atoms with Gasteiger partial charge in [-0.05, 0) is 68.1 Å². The molecule has 2 rings (SSSR count). The maximum Gasteiger partial charge on any atom is 0.123 e. The minimum absolute atomic E-state index is 0.292. The molecule has 2 aromatic rings. The van der Waals surface area contributed by atoms with Gasteiger partial charge in [-0.25, -0.2) is 4.39 Å². The molecule has 0 saturated carbocycles. The summed E-state index contributed by atoms with van der Waals surface area (Å²) >= 11 is 6.76. The fourth-order valence-electron chi connectivity index (χ4n) is 1.75. The van der Waals surface area contributed by atoms with Crippen molar-refractivity contribution in [3.8, 4) is 0 Å². The molecule has 1 aromatic carbocycles. The van der Waals surface area contributed by atoms with E-state index in [4.69, 9.17) is 5.73 Å². The van der Waals surface area contributed by atoms with Crippen LogP contribution in [0.4, 0.5) is 4.39 Å². The number of rotatable bonds is 2. The number of benzene rings is 1. The zero-order valence-electron chi connectivity index (χ0n) is 9.62. The number of aromatic nitrogens is 1. The summed E-state index contributed by atoms with van der Waals surface area (Å²) in [6, 6.07) is 6.02. The third kappa shape index (κ3) is 2.79. The lowest BCUT2D eigenvalue weighted by Crippen LogP contribution is -2.15. The molecule has 0 saturated heterocycles. The summed E-state index contributed by atoms with van der Waals surface area (Å²) in [5.41, 5.74) is 8.54. The Hall–Kier alpha value is -0.780. The molecule has 0 amide bonds. The van der Waals surface area contributed by atoms with Crippen molar-refractivity contribution < 1.29 is 4.39 Å². The van der Waals surface area contributed by atoms with Gasteiger partial charge in [0, 0.05) is 15.1 Å². The zero-order chi connectivity index (χ0) is 13.3. The van der Waals surface area contributed by atoms with Gasteiger partial charge in [0.1, 0.15) is 5.82 Å². The molecule has 0 aliphatic carbocycles. The normalized spacial score (nSPS) is 12.5. The van der Waals surface area contributed by atoms with Gasteiger partial charge in [-0.15, -0.1) is 0 Å². The number of pyridine rings is 1. The van der Waals surface area contributed by atoms with Crippen LogP contribution in [0.25, 0.3) is 0 Å². The summed E-state index contributed by atoms with van der Waals surface area (Å²) < 4.78 is 15.0. The third-order valence-electron chi connectivity index (χ3n) is 2.71. The molecule has 1 atom stereocenters. The van der Waals surface area contributed by atoms with Crippen LogP contribution in [0.5, 0.6) is 0 Å². The van der Waals surface area contributed by atoms with E-state index in [9.17, 15) is 4.39 Å². The van der Waals surface area contributed by atoms with E-state index in [1.807, 2.05) is 13.0 Å². The Morgan fingerprint density at radius 3 is 2.67 bits per heavy atom. The lowest BCUT2D eigenvalue weighted by molar-refractivity contribution is 0.622. The maximum absolute atomic E-state index is 13.3. The van der Waals surface area contributed by atoms with Gasteiger partial charge in [-0.1, -0.05) is 6.07 Å². The minimum Gasteiger partial charge on any atom is -0.319 e. The van der Waals surface area contributed by atoms with Gasteiger partial charge in [0.2, 0.25) is 0 Å². The Morgan fingerprint density at radius 1 is 1.28 bits per heavy atom. The molecule has 1 unspecified atom stereocenters. The fourth-order valence-corrected chi connectivity index (χ4v) is 2.98. The molecule has 0 bridgehead atoms. The molecule has 5 heteroatoms. The van der Waals surface area contributed by atoms with Crippen LogP contribution in [0.1, 0.15) is 22.9 Å². The standard InChI is InChI=1S/C13H11Br2FN2/c1-7-2-3-9(16)5-10(7)12(17)13-11(15)4-8(14)6-18-13/h2-6,12H,17H2,1H3. The second-order valence-electron chi connectivity index (χ2n) is 4.00.